The Morgan fingerprint density at radius 1 is 1.47 bits per heavy atom. The summed E-state index contributed by atoms with van der Waals surface area (Å²) < 4.78 is 5.50. The largest absolute Gasteiger partial charge is 0.368 e. The average molecular weight is 205 g/mol. The molecule has 0 unspecified atom stereocenters. The van der Waals surface area contributed by atoms with Gasteiger partial charge >= 0.3 is 0 Å². The van der Waals surface area contributed by atoms with Gasteiger partial charge < -0.3 is 10.5 Å². The highest BCUT2D eigenvalue weighted by atomic mass is 16.5. The summed E-state index contributed by atoms with van der Waals surface area (Å²) in [5, 5.41) is 0. The second-order valence-corrected chi connectivity index (χ2v) is 3.86. The van der Waals surface area contributed by atoms with E-state index < -0.39 is 5.91 Å². The van der Waals surface area contributed by atoms with Gasteiger partial charge in [-0.15, -0.1) is 0 Å². The molecule has 3 nitrogen and oxygen atoms in total. The summed E-state index contributed by atoms with van der Waals surface area (Å²) in [4.78, 5) is 10.7. The fourth-order valence-electron chi connectivity index (χ4n) is 2.07. The second-order valence-electron chi connectivity index (χ2n) is 3.86. The fourth-order valence-corrected chi connectivity index (χ4v) is 2.07. The van der Waals surface area contributed by atoms with Gasteiger partial charge in [0, 0.05) is 0 Å². The molecule has 0 heterocycles. The molecule has 0 fully saturated rings. The van der Waals surface area contributed by atoms with Crippen molar-refractivity contribution in [2.45, 2.75) is 25.4 Å². The van der Waals surface area contributed by atoms with Crippen molar-refractivity contribution in [3.05, 3.63) is 35.4 Å². The Bertz CT molecular complexity index is 362. The van der Waals surface area contributed by atoms with Gasteiger partial charge in [0.15, 0.2) is 0 Å². The predicted molar refractivity (Wildman–Crippen MR) is 57.3 cm³/mol. The molecule has 1 aromatic carbocycles. The van der Waals surface area contributed by atoms with Crippen molar-refractivity contribution in [1.82, 2.24) is 0 Å². The maximum Gasteiger partial charge on any atom is 0.243 e. The molecule has 3 heteroatoms. The first-order chi connectivity index (χ1) is 7.27. The third-order valence-electron chi connectivity index (χ3n) is 2.74. The Kier molecular flexibility index (Phi) is 3.02. The van der Waals surface area contributed by atoms with Crippen LogP contribution in [0.5, 0.6) is 0 Å². The van der Waals surface area contributed by atoms with Crippen LogP contribution in [-0.4, -0.2) is 12.5 Å². The quantitative estimate of drug-likeness (QED) is 0.814. The maximum absolute atomic E-state index is 10.7. The molecule has 0 aliphatic heterocycles. The van der Waals surface area contributed by atoms with Crippen LogP contribution in [0.4, 0.5) is 0 Å². The van der Waals surface area contributed by atoms with E-state index in [9.17, 15) is 4.79 Å². The maximum atomic E-state index is 10.7. The number of carbonyl (C=O) groups excluding carboxylic acids is 1. The van der Waals surface area contributed by atoms with Crippen LogP contribution in [0.1, 0.15) is 30.1 Å². The van der Waals surface area contributed by atoms with E-state index in [1.165, 1.54) is 11.1 Å². The van der Waals surface area contributed by atoms with Crippen LogP contribution in [0.25, 0.3) is 0 Å². The summed E-state index contributed by atoms with van der Waals surface area (Å²) in [6.45, 7) is 0.0129. The lowest BCUT2D eigenvalue weighted by molar-refractivity contribution is -0.124. The molecule has 0 bridgehead atoms. The zero-order valence-electron chi connectivity index (χ0n) is 8.61. The zero-order valence-corrected chi connectivity index (χ0v) is 8.61. The second kappa shape index (κ2) is 4.45. The molecule has 2 N–H and O–H groups in total. The molecule has 1 aromatic rings. The molecule has 1 aliphatic rings. The van der Waals surface area contributed by atoms with Crippen molar-refractivity contribution in [3.63, 3.8) is 0 Å². The molecule has 1 aliphatic carbocycles. The van der Waals surface area contributed by atoms with Gasteiger partial charge in [-0.2, -0.15) is 0 Å². The number of benzene rings is 1. The van der Waals surface area contributed by atoms with E-state index in [2.05, 4.69) is 12.1 Å². The highest BCUT2D eigenvalue weighted by molar-refractivity contribution is 5.75. The van der Waals surface area contributed by atoms with E-state index in [0.29, 0.717) is 0 Å². The van der Waals surface area contributed by atoms with E-state index in [1.54, 1.807) is 0 Å². The number of rotatable bonds is 3. The standard InChI is InChI=1S/C12H15NO2/c13-12(14)8-15-11-7-3-5-9-4-1-2-6-10(9)11/h1-2,4,6,11H,3,5,7-8H2,(H2,13,14)/t11-/m0/s1. The number of nitrogens with two attached hydrogens (primary N) is 1. The predicted octanol–water partition coefficient (Wildman–Crippen LogP) is 1.57. The van der Waals surface area contributed by atoms with Crippen LogP contribution >= 0.6 is 0 Å². The van der Waals surface area contributed by atoms with Crippen molar-refractivity contribution >= 4 is 5.91 Å². The molecular weight excluding hydrogens is 190 g/mol. The lowest BCUT2D eigenvalue weighted by Gasteiger charge is -2.25. The van der Waals surface area contributed by atoms with Gasteiger partial charge in [0.05, 0.1) is 6.10 Å². The van der Waals surface area contributed by atoms with Crippen LogP contribution in [-0.2, 0) is 16.0 Å². The van der Waals surface area contributed by atoms with Crippen molar-refractivity contribution in [3.8, 4) is 0 Å². The number of hydrogen-bond acceptors (Lipinski definition) is 2. The lowest BCUT2D eigenvalue weighted by atomic mass is 9.89. The molecule has 1 atom stereocenters. The fraction of sp³-hybridized carbons (Fsp3) is 0.417. The first-order valence-corrected chi connectivity index (χ1v) is 5.25. The highest BCUT2D eigenvalue weighted by Gasteiger charge is 2.20. The first-order valence-electron chi connectivity index (χ1n) is 5.25. The van der Waals surface area contributed by atoms with Crippen molar-refractivity contribution in [2.75, 3.05) is 6.61 Å². The first kappa shape index (κ1) is 10.2. The number of fused-ring (bicyclic) bond motifs is 1. The minimum absolute atomic E-state index is 0.0129. The number of primary amides is 1. The Morgan fingerprint density at radius 2 is 2.27 bits per heavy atom. The van der Waals surface area contributed by atoms with Crippen LogP contribution in [0.2, 0.25) is 0 Å². The van der Waals surface area contributed by atoms with Gasteiger partial charge in [0.2, 0.25) is 5.91 Å². The van der Waals surface area contributed by atoms with Crippen molar-refractivity contribution in [1.29, 1.82) is 0 Å². The minimum atomic E-state index is -0.405. The van der Waals surface area contributed by atoms with E-state index >= 15 is 0 Å². The van der Waals surface area contributed by atoms with E-state index in [-0.39, 0.29) is 12.7 Å². The monoisotopic (exact) mass is 205 g/mol. The van der Waals surface area contributed by atoms with Gasteiger partial charge in [-0.25, -0.2) is 0 Å². The van der Waals surface area contributed by atoms with Crippen LogP contribution in [0.15, 0.2) is 24.3 Å². The van der Waals surface area contributed by atoms with Gasteiger partial charge in [0.1, 0.15) is 6.61 Å². The summed E-state index contributed by atoms with van der Waals surface area (Å²) in [6, 6.07) is 8.23. The summed E-state index contributed by atoms with van der Waals surface area (Å²) >= 11 is 0. The topological polar surface area (TPSA) is 52.3 Å². The van der Waals surface area contributed by atoms with E-state index in [0.717, 1.165) is 19.3 Å². The van der Waals surface area contributed by atoms with Crippen LogP contribution in [0.3, 0.4) is 0 Å². The highest BCUT2D eigenvalue weighted by Crippen LogP contribution is 2.31. The molecule has 0 spiro atoms. The number of amides is 1. The molecular formula is C12H15NO2. The third-order valence-corrected chi connectivity index (χ3v) is 2.74. The van der Waals surface area contributed by atoms with Crippen LogP contribution in [0, 0.1) is 0 Å². The minimum Gasteiger partial charge on any atom is -0.368 e. The molecule has 80 valence electrons. The van der Waals surface area contributed by atoms with E-state index in [4.69, 9.17) is 10.5 Å². The lowest BCUT2D eigenvalue weighted by Crippen LogP contribution is -2.22. The molecule has 0 radical (unpaired) electrons. The summed E-state index contributed by atoms with van der Waals surface area (Å²) in [6.07, 6.45) is 3.24. The number of ether oxygens (including phenoxy) is 1. The molecule has 2 rings (SSSR count). The number of carbonyl (C=O) groups is 1. The Labute approximate surface area is 89.2 Å². The van der Waals surface area contributed by atoms with Crippen molar-refractivity contribution in [2.24, 2.45) is 5.73 Å². The van der Waals surface area contributed by atoms with Gasteiger partial charge in [-0.1, -0.05) is 24.3 Å². The number of aryl methyl sites for hydroxylation is 1. The molecule has 0 saturated carbocycles. The smallest absolute Gasteiger partial charge is 0.243 e. The normalized spacial score (nSPS) is 19.6. The van der Waals surface area contributed by atoms with Gasteiger partial charge in [-0.3, -0.25) is 4.79 Å². The molecule has 15 heavy (non-hydrogen) atoms. The number of hydrogen-bond donors (Lipinski definition) is 1. The molecule has 1 amide bonds. The molecule has 0 aromatic heterocycles. The van der Waals surface area contributed by atoms with Gasteiger partial charge in [-0.05, 0) is 30.4 Å². The van der Waals surface area contributed by atoms with Crippen LogP contribution < -0.4 is 5.73 Å². The third kappa shape index (κ3) is 2.36. The summed E-state index contributed by atoms with van der Waals surface area (Å²) in [5.41, 5.74) is 7.61. The van der Waals surface area contributed by atoms with E-state index in [1.807, 2.05) is 12.1 Å². The summed E-state index contributed by atoms with van der Waals surface area (Å²) in [7, 11) is 0. The Balaban J connectivity index is 2.11. The average Bonchev–Trinajstić information content (AvgIpc) is 2.26. The summed E-state index contributed by atoms with van der Waals surface area (Å²) in [5.74, 6) is -0.405. The SMILES string of the molecule is NC(=O)CO[C@H]1CCCc2ccccc21. The zero-order chi connectivity index (χ0) is 10.7. The molecule has 0 saturated heterocycles. The Morgan fingerprint density at radius 3 is 3.07 bits per heavy atom. The Hall–Kier alpha value is -1.35. The van der Waals surface area contributed by atoms with Gasteiger partial charge in [0.25, 0.3) is 0 Å². The van der Waals surface area contributed by atoms with Crippen molar-refractivity contribution < 1.29 is 9.53 Å².